The van der Waals surface area contributed by atoms with Gasteiger partial charge in [-0.3, -0.25) is 4.79 Å². The molecule has 2 aliphatic rings. The third-order valence-electron chi connectivity index (χ3n) is 8.54. The van der Waals surface area contributed by atoms with Crippen LogP contribution in [0.15, 0.2) is 61.2 Å². The normalized spacial score (nSPS) is 20.0. The van der Waals surface area contributed by atoms with Gasteiger partial charge in [0.05, 0.1) is 41.9 Å². The minimum absolute atomic E-state index is 0.157. The average Bonchev–Trinajstić information content (AvgIpc) is 3.70. The smallest absolute Gasteiger partial charge is 0.410 e. The van der Waals surface area contributed by atoms with E-state index in [4.69, 9.17) is 21.1 Å². The Kier molecular flexibility index (Phi) is 11.2. The summed E-state index contributed by atoms with van der Waals surface area (Å²) in [5, 5.41) is 11.1. The first-order valence-electron chi connectivity index (χ1n) is 15.6. The van der Waals surface area contributed by atoms with Crippen molar-refractivity contribution in [3.8, 4) is 0 Å². The zero-order valence-corrected chi connectivity index (χ0v) is 28.1. The number of carbonyl (C=O) groups is 2. The number of nitrogens with one attached hydrogen (secondary N) is 3. The van der Waals surface area contributed by atoms with Gasteiger partial charge in [-0.25, -0.2) is 9.78 Å². The Morgan fingerprint density at radius 2 is 2.02 bits per heavy atom. The van der Waals surface area contributed by atoms with Crippen molar-refractivity contribution in [3.63, 3.8) is 0 Å². The van der Waals surface area contributed by atoms with Crippen LogP contribution in [0.25, 0.3) is 5.57 Å². The predicted octanol–water partition coefficient (Wildman–Crippen LogP) is 5.44. The molecule has 244 valence electrons. The number of aromatic nitrogens is 2. The Labute approximate surface area is 271 Å². The Bertz CT molecular complexity index is 1450. The molecule has 45 heavy (non-hydrogen) atoms. The molecule has 0 bridgehead atoms. The lowest BCUT2D eigenvalue weighted by Crippen LogP contribution is -2.51. The van der Waals surface area contributed by atoms with Crippen molar-refractivity contribution in [1.29, 1.82) is 0 Å². The van der Waals surface area contributed by atoms with E-state index in [1.54, 1.807) is 24.5 Å². The number of nitrogens with zero attached hydrogens (tertiary/aromatic N) is 3. The molecule has 1 aliphatic heterocycles. The number of dihydropyridines is 1. The van der Waals surface area contributed by atoms with E-state index in [2.05, 4.69) is 33.9 Å². The molecular weight excluding hydrogens is 592 g/mol. The van der Waals surface area contributed by atoms with E-state index in [9.17, 15) is 9.59 Å². The summed E-state index contributed by atoms with van der Waals surface area (Å²) in [6, 6.07) is 5.07. The Balaban J connectivity index is 1.75. The molecule has 0 saturated heterocycles. The number of likely N-dealkylation sites (N-methyl/N-ethyl adjacent to an activating group) is 1. The number of hydrogen-bond donors (Lipinski definition) is 3. The van der Waals surface area contributed by atoms with E-state index in [0.717, 1.165) is 22.4 Å². The lowest BCUT2D eigenvalue weighted by Gasteiger charge is -2.40. The van der Waals surface area contributed by atoms with Gasteiger partial charge < -0.3 is 34.9 Å². The molecule has 2 aromatic rings. The van der Waals surface area contributed by atoms with Crippen LogP contribution in [0, 0.1) is 0 Å². The number of imidazole rings is 1. The van der Waals surface area contributed by atoms with Crippen molar-refractivity contribution in [1.82, 2.24) is 30.4 Å². The van der Waals surface area contributed by atoms with Gasteiger partial charge in [-0.1, -0.05) is 35.9 Å². The van der Waals surface area contributed by atoms with E-state index in [-0.39, 0.29) is 24.1 Å². The van der Waals surface area contributed by atoms with E-state index in [0.29, 0.717) is 37.5 Å². The van der Waals surface area contributed by atoms with Crippen molar-refractivity contribution in [2.45, 2.75) is 76.8 Å². The van der Waals surface area contributed by atoms with Crippen LogP contribution in [0.5, 0.6) is 0 Å². The zero-order chi connectivity index (χ0) is 32.8. The minimum atomic E-state index is -0.810. The Morgan fingerprint density at radius 3 is 2.58 bits per heavy atom. The van der Waals surface area contributed by atoms with Crippen LogP contribution in [0.2, 0.25) is 5.02 Å². The molecule has 1 aliphatic carbocycles. The highest BCUT2D eigenvalue weighted by Gasteiger charge is 2.51. The fourth-order valence-corrected chi connectivity index (χ4v) is 5.95. The molecule has 4 rings (SSSR count). The summed E-state index contributed by atoms with van der Waals surface area (Å²) in [7, 11) is 3.49. The number of amides is 2. The first-order valence-corrected chi connectivity index (χ1v) is 16.0. The van der Waals surface area contributed by atoms with Crippen molar-refractivity contribution in [2.24, 2.45) is 7.05 Å². The maximum atomic E-state index is 13.6. The highest BCUT2D eigenvalue weighted by molar-refractivity contribution is 6.30. The standard InChI is InChI=1S/C34H47ClN6O4/c1-8-25(29(28-21-36-22-40(28)6)39-31(42)34(44-7)15-16-34)27-20-24(35)12-13-26(27)30(33(5)14-10-11-17-38-33)37-18-19-41(9-2)32(43)45-23(3)4/h8,10-14,17,20-23,29-30,37-38H,9,15-16,18-19H2,1-7H3,(H,39,42)/b25-8+/t29-,30+,33?/m1/s1. The summed E-state index contributed by atoms with van der Waals surface area (Å²) in [5.74, 6) is -0.157. The SMILES string of the molecule is C/C=C(\c1cc(Cl)ccc1[C@H](NCCN(CC)C(=O)OC(C)C)C1(C)C=CC=CN1)[C@@H](NC(=O)C1(OC)CC1)c1cncn1C. The second-order valence-corrected chi connectivity index (χ2v) is 12.5. The fraction of sp³-hybridized carbons (Fsp3) is 0.500. The maximum Gasteiger partial charge on any atom is 0.410 e. The molecule has 0 radical (unpaired) electrons. The van der Waals surface area contributed by atoms with Gasteiger partial charge in [0.2, 0.25) is 0 Å². The Morgan fingerprint density at radius 1 is 1.27 bits per heavy atom. The van der Waals surface area contributed by atoms with Gasteiger partial charge in [-0.05, 0) is 88.6 Å². The van der Waals surface area contributed by atoms with Gasteiger partial charge in [-0.2, -0.15) is 0 Å². The summed E-state index contributed by atoms with van der Waals surface area (Å²) >= 11 is 6.68. The van der Waals surface area contributed by atoms with E-state index >= 15 is 0 Å². The van der Waals surface area contributed by atoms with Crippen LogP contribution < -0.4 is 16.0 Å². The number of halogens is 1. The lowest BCUT2D eigenvalue weighted by molar-refractivity contribution is -0.134. The molecule has 1 aromatic heterocycles. The second kappa shape index (κ2) is 14.7. The van der Waals surface area contributed by atoms with Gasteiger partial charge in [0.25, 0.3) is 5.91 Å². The van der Waals surface area contributed by atoms with Gasteiger partial charge in [0.1, 0.15) is 5.60 Å². The van der Waals surface area contributed by atoms with Crippen molar-refractivity contribution >= 4 is 29.2 Å². The molecule has 2 heterocycles. The van der Waals surface area contributed by atoms with Gasteiger partial charge >= 0.3 is 6.09 Å². The topological polar surface area (TPSA) is 110 Å². The average molecular weight is 639 g/mol. The molecule has 11 heteroatoms. The number of carbonyl (C=O) groups excluding carboxylic acids is 2. The van der Waals surface area contributed by atoms with Crippen LogP contribution in [-0.2, 0) is 21.3 Å². The molecule has 0 spiro atoms. The molecule has 3 N–H and O–H groups in total. The largest absolute Gasteiger partial charge is 0.447 e. The summed E-state index contributed by atoms with van der Waals surface area (Å²) < 4.78 is 13.0. The number of allylic oxidation sites excluding steroid dienone is 3. The summed E-state index contributed by atoms with van der Waals surface area (Å²) in [4.78, 5) is 32.3. The quantitative estimate of drug-likeness (QED) is 0.253. The number of hydrogen-bond acceptors (Lipinski definition) is 7. The van der Waals surface area contributed by atoms with Gasteiger partial charge in [-0.15, -0.1) is 0 Å². The Hall–Kier alpha value is -3.60. The van der Waals surface area contributed by atoms with Crippen molar-refractivity contribution in [2.75, 3.05) is 26.7 Å². The third kappa shape index (κ3) is 7.80. The van der Waals surface area contributed by atoms with Crippen LogP contribution in [0.4, 0.5) is 4.79 Å². The van der Waals surface area contributed by atoms with Gasteiger partial charge in [0.15, 0.2) is 0 Å². The fourth-order valence-electron chi connectivity index (χ4n) is 5.77. The predicted molar refractivity (Wildman–Crippen MR) is 178 cm³/mol. The van der Waals surface area contributed by atoms with Crippen LogP contribution in [0.3, 0.4) is 0 Å². The zero-order valence-electron chi connectivity index (χ0n) is 27.4. The number of rotatable bonds is 14. The van der Waals surface area contributed by atoms with Crippen molar-refractivity contribution < 1.29 is 19.1 Å². The lowest BCUT2D eigenvalue weighted by atomic mass is 9.80. The summed E-state index contributed by atoms with van der Waals surface area (Å²) in [6.07, 6.45) is 14.4. The molecule has 1 fully saturated rings. The molecule has 3 atom stereocenters. The molecule has 10 nitrogen and oxygen atoms in total. The number of ether oxygens (including phenoxy) is 2. The molecular formula is C34H47ClN6O4. The first-order chi connectivity index (χ1) is 21.5. The first kappa shape index (κ1) is 34.3. The van der Waals surface area contributed by atoms with Crippen LogP contribution >= 0.6 is 11.6 Å². The van der Waals surface area contributed by atoms with Crippen molar-refractivity contribution in [3.05, 3.63) is 83.1 Å². The monoisotopic (exact) mass is 638 g/mol. The minimum Gasteiger partial charge on any atom is -0.447 e. The molecule has 1 unspecified atom stereocenters. The maximum absolute atomic E-state index is 13.6. The highest BCUT2D eigenvalue weighted by atomic mass is 35.5. The number of methoxy groups -OCH3 is 1. The third-order valence-corrected chi connectivity index (χ3v) is 8.78. The van der Waals surface area contributed by atoms with Crippen LogP contribution in [0.1, 0.15) is 76.4 Å². The molecule has 1 aromatic carbocycles. The number of aryl methyl sites for hydroxylation is 1. The van der Waals surface area contributed by atoms with E-state index in [1.165, 1.54) is 0 Å². The highest BCUT2D eigenvalue weighted by Crippen LogP contribution is 2.42. The van der Waals surface area contributed by atoms with Gasteiger partial charge in [0, 0.05) is 38.8 Å². The number of benzene rings is 1. The van der Waals surface area contributed by atoms with E-state index in [1.807, 2.05) is 81.9 Å². The summed E-state index contributed by atoms with van der Waals surface area (Å²) in [6.45, 7) is 11.2. The molecule has 1 saturated carbocycles. The second-order valence-electron chi connectivity index (χ2n) is 12.1. The summed E-state index contributed by atoms with van der Waals surface area (Å²) in [5.41, 5.74) is 2.21. The molecule has 2 amide bonds. The van der Waals surface area contributed by atoms with Crippen LogP contribution in [-0.4, -0.2) is 70.4 Å². The van der Waals surface area contributed by atoms with E-state index < -0.39 is 17.2 Å².